The Morgan fingerprint density at radius 3 is 2.85 bits per heavy atom. The van der Waals surface area contributed by atoms with Gasteiger partial charge >= 0.3 is 0 Å². The maximum atomic E-state index is 12.1. The van der Waals surface area contributed by atoms with E-state index in [1.807, 2.05) is 30.7 Å². The van der Waals surface area contributed by atoms with Crippen LogP contribution < -0.4 is 0 Å². The molecule has 0 N–H and O–H groups in total. The number of rotatable bonds is 7. The molecule has 0 atom stereocenters. The minimum absolute atomic E-state index is 0.153. The van der Waals surface area contributed by atoms with Crippen LogP contribution >= 0.6 is 11.6 Å². The summed E-state index contributed by atoms with van der Waals surface area (Å²) in [5.41, 5.74) is 1.69. The highest BCUT2D eigenvalue weighted by molar-refractivity contribution is 6.32. The third kappa shape index (κ3) is 3.31. The van der Waals surface area contributed by atoms with Crippen molar-refractivity contribution in [3.05, 3.63) is 40.6 Å². The molecule has 0 fully saturated rings. The van der Waals surface area contributed by atoms with Crippen LogP contribution in [0.5, 0.6) is 0 Å². The van der Waals surface area contributed by atoms with Gasteiger partial charge in [0.15, 0.2) is 0 Å². The quantitative estimate of drug-likeness (QED) is 0.786. The normalized spacial score (nSPS) is 10.9. The Bertz CT molecular complexity index is 573. The molecule has 0 spiro atoms. The number of halogens is 1. The van der Waals surface area contributed by atoms with Crippen molar-refractivity contribution in [2.75, 3.05) is 0 Å². The molecule has 0 aliphatic heterocycles. The van der Waals surface area contributed by atoms with Gasteiger partial charge in [0.05, 0.1) is 22.7 Å². The maximum absolute atomic E-state index is 12.1. The van der Waals surface area contributed by atoms with E-state index >= 15 is 0 Å². The molecule has 108 valence electrons. The molecule has 0 aliphatic carbocycles. The summed E-state index contributed by atoms with van der Waals surface area (Å²) in [7, 11) is 0. The van der Waals surface area contributed by atoms with E-state index in [1.165, 1.54) is 0 Å². The van der Waals surface area contributed by atoms with Gasteiger partial charge in [0.2, 0.25) is 0 Å². The van der Waals surface area contributed by atoms with E-state index in [-0.39, 0.29) is 5.78 Å². The predicted octanol–water partition coefficient (Wildman–Crippen LogP) is 3.46. The number of hydrogen-bond acceptors (Lipinski definition) is 3. The Hall–Kier alpha value is -1.55. The Labute approximate surface area is 123 Å². The highest BCUT2D eigenvalue weighted by atomic mass is 35.5. The minimum Gasteiger partial charge on any atom is -0.469 e. The van der Waals surface area contributed by atoms with Crippen molar-refractivity contribution >= 4 is 17.4 Å². The lowest BCUT2D eigenvalue weighted by Crippen LogP contribution is -2.10. The standard InChI is InChI=1S/C15H19ClN2O2/c1-3-13-15(16)14(18(4-2)17-13)10-11(19)7-8-12-6-5-9-20-12/h5-6,9H,3-4,7-8,10H2,1-2H3. The van der Waals surface area contributed by atoms with Crippen molar-refractivity contribution in [2.24, 2.45) is 0 Å². The van der Waals surface area contributed by atoms with Gasteiger partial charge < -0.3 is 4.42 Å². The molecule has 20 heavy (non-hydrogen) atoms. The smallest absolute Gasteiger partial charge is 0.139 e. The molecule has 0 unspecified atom stereocenters. The number of aromatic nitrogens is 2. The lowest BCUT2D eigenvalue weighted by atomic mass is 10.1. The molecular weight excluding hydrogens is 276 g/mol. The summed E-state index contributed by atoms with van der Waals surface area (Å²) in [6.07, 6.45) is 3.82. The molecule has 0 amide bonds. The van der Waals surface area contributed by atoms with Gasteiger partial charge in [-0.05, 0) is 25.5 Å². The maximum Gasteiger partial charge on any atom is 0.139 e. The zero-order valence-corrected chi connectivity index (χ0v) is 12.6. The van der Waals surface area contributed by atoms with Gasteiger partial charge in [0.25, 0.3) is 0 Å². The van der Waals surface area contributed by atoms with Crippen LogP contribution in [-0.4, -0.2) is 15.6 Å². The molecule has 0 saturated carbocycles. The van der Waals surface area contributed by atoms with Gasteiger partial charge in [0, 0.05) is 25.8 Å². The van der Waals surface area contributed by atoms with E-state index < -0.39 is 0 Å². The molecule has 2 aromatic heterocycles. The van der Waals surface area contributed by atoms with E-state index in [4.69, 9.17) is 16.0 Å². The number of nitrogens with zero attached hydrogens (tertiary/aromatic N) is 2. The van der Waals surface area contributed by atoms with Crippen LogP contribution in [0.2, 0.25) is 5.02 Å². The first-order valence-electron chi connectivity index (χ1n) is 6.93. The first-order chi connectivity index (χ1) is 9.65. The second kappa shape index (κ2) is 6.75. The van der Waals surface area contributed by atoms with Crippen molar-refractivity contribution in [3.63, 3.8) is 0 Å². The van der Waals surface area contributed by atoms with Crippen molar-refractivity contribution < 1.29 is 9.21 Å². The van der Waals surface area contributed by atoms with Gasteiger partial charge in [-0.1, -0.05) is 18.5 Å². The van der Waals surface area contributed by atoms with Crippen LogP contribution in [0.1, 0.15) is 37.4 Å². The zero-order chi connectivity index (χ0) is 14.5. The molecular formula is C15H19ClN2O2. The van der Waals surface area contributed by atoms with Gasteiger partial charge in [-0.15, -0.1) is 0 Å². The number of ketones is 1. The Kier molecular flexibility index (Phi) is 5.01. The van der Waals surface area contributed by atoms with Crippen LogP contribution in [0.15, 0.2) is 22.8 Å². The van der Waals surface area contributed by atoms with Crippen LogP contribution in [0, 0.1) is 0 Å². The van der Waals surface area contributed by atoms with Gasteiger partial charge in [-0.3, -0.25) is 9.48 Å². The van der Waals surface area contributed by atoms with Crippen molar-refractivity contribution in [2.45, 2.75) is 46.1 Å². The number of carbonyl (C=O) groups excluding carboxylic acids is 1. The fourth-order valence-corrected chi connectivity index (χ4v) is 2.51. The summed E-state index contributed by atoms with van der Waals surface area (Å²) in [5.74, 6) is 0.989. The van der Waals surface area contributed by atoms with Crippen molar-refractivity contribution in [1.29, 1.82) is 0 Å². The second-order valence-corrected chi connectivity index (χ2v) is 5.05. The van der Waals surface area contributed by atoms with Crippen LogP contribution in [0.25, 0.3) is 0 Å². The summed E-state index contributed by atoms with van der Waals surface area (Å²) in [5, 5.41) is 5.06. The Morgan fingerprint density at radius 1 is 1.45 bits per heavy atom. The van der Waals surface area contributed by atoms with E-state index in [0.29, 0.717) is 24.3 Å². The third-order valence-electron chi connectivity index (χ3n) is 3.29. The monoisotopic (exact) mass is 294 g/mol. The van der Waals surface area contributed by atoms with Crippen LogP contribution in [-0.2, 0) is 30.6 Å². The van der Waals surface area contributed by atoms with Crippen molar-refractivity contribution in [3.8, 4) is 0 Å². The molecule has 0 saturated heterocycles. The van der Waals surface area contributed by atoms with Gasteiger partial charge in [0.1, 0.15) is 11.5 Å². The average Bonchev–Trinajstić information content (AvgIpc) is 3.06. The van der Waals surface area contributed by atoms with Crippen molar-refractivity contribution in [1.82, 2.24) is 9.78 Å². The lowest BCUT2D eigenvalue weighted by molar-refractivity contribution is -0.118. The zero-order valence-electron chi connectivity index (χ0n) is 11.9. The first kappa shape index (κ1) is 14.9. The predicted molar refractivity (Wildman–Crippen MR) is 78.0 cm³/mol. The van der Waals surface area contributed by atoms with Crippen LogP contribution in [0.3, 0.4) is 0 Å². The molecule has 2 rings (SSSR count). The van der Waals surface area contributed by atoms with Gasteiger partial charge in [-0.25, -0.2) is 0 Å². The number of hydrogen-bond donors (Lipinski definition) is 0. The lowest BCUT2D eigenvalue weighted by Gasteiger charge is -2.04. The molecule has 0 radical (unpaired) electrons. The summed E-state index contributed by atoms with van der Waals surface area (Å²) < 4.78 is 7.05. The van der Waals surface area contributed by atoms with E-state index in [2.05, 4.69) is 5.10 Å². The SMILES string of the molecule is CCc1nn(CC)c(CC(=O)CCc2ccco2)c1Cl. The largest absolute Gasteiger partial charge is 0.469 e. The topological polar surface area (TPSA) is 48.0 Å². The fraction of sp³-hybridized carbons (Fsp3) is 0.467. The number of Topliss-reactive ketones (excluding diaryl/α,β-unsaturated/α-hetero) is 1. The Morgan fingerprint density at radius 2 is 2.25 bits per heavy atom. The number of carbonyl (C=O) groups is 1. The molecule has 2 aromatic rings. The molecule has 0 aliphatic rings. The fourth-order valence-electron chi connectivity index (χ4n) is 2.18. The molecule has 5 heteroatoms. The number of aryl methyl sites for hydroxylation is 3. The second-order valence-electron chi connectivity index (χ2n) is 4.67. The number of furan rings is 1. The highest BCUT2D eigenvalue weighted by Crippen LogP contribution is 2.22. The van der Waals surface area contributed by atoms with E-state index in [9.17, 15) is 4.79 Å². The summed E-state index contributed by atoms with van der Waals surface area (Å²) in [4.78, 5) is 12.1. The molecule has 2 heterocycles. The average molecular weight is 295 g/mol. The van der Waals surface area contributed by atoms with E-state index in [0.717, 1.165) is 30.1 Å². The van der Waals surface area contributed by atoms with Crippen LogP contribution in [0.4, 0.5) is 0 Å². The first-order valence-corrected chi connectivity index (χ1v) is 7.31. The third-order valence-corrected chi connectivity index (χ3v) is 3.73. The minimum atomic E-state index is 0.153. The summed E-state index contributed by atoms with van der Waals surface area (Å²) >= 11 is 6.30. The highest BCUT2D eigenvalue weighted by Gasteiger charge is 2.17. The molecule has 0 bridgehead atoms. The Balaban J connectivity index is 2.01. The molecule has 4 nitrogen and oxygen atoms in total. The summed E-state index contributed by atoms with van der Waals surface area (Å²) in [6, 6.07) is 3.71. The molecule has 0 aromatic carbocycles. The summed E-state index contributed by atoms with van der Waals surface area (Å²) in [6.45, 7) is 4.73. The van der Waals surface area contributed by atoms with Gasteiger partial charge in [-0.2, -0.15) is 5.10 Å². The van der Waals surface area contributed by atoms with E-state index in [1.54, 1.807) is 6.26 Å².